The van der Waals surface area contributed by atoms with Crippen molar-refractivity contribution >= 4 is 11.4 Å². The number of halogens is 10. The molecule has 0 aliphatic carbocycles. The highest BCUT2D eigenvalue weighted by molar-refractivity contribution is 5.76. The van der Waals surface area contributed by atoms with Crippen molar-refractivity contribution in [3.63, 3.8) is 0 Å². The number of rotatable bonds is 3. The summed E-state index contributed by atoms with van der Waals surface area (Å²) in [5, 5.41) is 0. The molecule has 0 fully saturated rings. The summed E-state index contributed by atoms with van der Waals surface area (Å²) in [7, 11) is 0. The molecule has 2 aromatic carbocycles. The van der Waals surface area contributed by atoms with Crippen LogP contribution in [-0.4, -0.2) is 12.4 Å². The van der Waals surface area contributed by atoms with E-state index < -0.39 is 57.8 Å². The van der Waals surface area contributed by atoms with E-state index in [1.165, 1.54) is 0 Å². The molecule has 154 valence electrons. The van der Waals surface area contributed by atoms with Crippen LogP contribution in [0.1, 0.15) is 11.1 Å². The summed E-state index contributed by atoms with van der Waals surface area (Å²) in [6, 6.07) is 2.91. The molecule has 0 heterocycles. The number of hydrogen-bond acceptors (Lipinski definition) is 2. The minimum Gasteiger partial charge on any atom is -0.399 e. The van der Waals surface area contributed by atoms with E-state index in [1.54, 1.807) is 0 Å². The molecule has 0 amide bonds. The molecule has 12 heteroatoms. The van der Waals surface area contributed by atoms with E-state index in [2.05, 4.69) is 0 Å². The Morgan fingerprint density at radius 1 is 0.500 bits per heavy atom. The average Bonchev–Trinajstić information content (AvgIpc) is 2.53. The van der Waals surface area contributed by atoms with Gasteiger partial charge in [-0.1, -0.05) is 12.1 Å². The van der Waals surface area contributed by atoms with Crippen molar-refractivity contribution in [2.45, 2.75) is 24.2 Å². The van der Waals surface area contributed by atoms with Crippen LogP contribution in [0.2, 0.25) is 0 Å². The summed E-state index contributed by atoms with van der Waals surface area (Å²) < 4.78 is 132. The number of alkyl halides is 10. The van der Waals surface area contributed by atoms with E-state index in [1.807, 2.05) is 0 Å². The minimum absolute atomic E-state index is 0.161. The lowest BCUT2D eigenvalue weighted by molar-refractivity contribution is -0.289. The summed E-state index contributed by atoms with van der Waals surface area (Å²) in [6.45, 7) is 0. The summed E-state index contributed by atoms with van der Waals surface area (Å²) in [5.41, 5.74) is 3.13. The van der Waals surface area contributed by atoms with Crippen molar-refractivity contribution in [1.82, 2.24) is 0 Å². The lowest BCUT2D eigenvalue weighted by Gasteiger charge is -2.26. The number of hydrogen-bond donors (Lipinski definition) is 2. The maximum Gasteiger partial charge on any atom is 0.458 e. The van der Waals surface area contributed by atoms with Crippen LogP contribution in [0.3, 0.4) is 0 Å². The fourth-order valence-electron chi connectivity index (χ4n) is 2.42. The Balaban J connectivity index is 2.89. The van der Waals surface area contributed by atoms with Crippen molar-refractivity contribution in [2.24, 2.45) is 0 Å². The van der Waals surface area contributed by atoms with Gasteiger partial charge in [0.1, 0.15) is 0 Å². The first-order valence-corrected chi connectivity index (χ1v) is 7.19. The molecule has 0 radical (unpaired) electrons. The molecule has 2 rings (SSSR count). The molecule has 2 nitrogen and oxygen atoms in total. The van der Waals surface area contributed by atoms with Crippen LogP contribution in [0.5, 0.6) is 0 Å². The molecule has 2 aromatic rings. The zero-order valence-corrected chi connectivity index (χ0v) is 13.4. The fourth-order valence-corrected chi connectivity index (χ4v) is 2.42. The van der Waals surface area contributed by atoms with Crippen LogP contribution in [0.4, 0.5) is 55.3 Å². The van der Waals surface area contributed by atoms with E-state index in [4.69, 9.17) is 11.5 Å². The molecular weight excluding hydrogens is 410 g/mol. The zero-order chi connectivity index (χ0) is 21.7. The van der Waals surface area contributed by atoms with Crippen molar-refractivity contribution in [1.29, 1.82) is 0 Å². The standard InChI is InChI=1S/C16H10F10N2/c17-13(18,15(21,22)23)11-5-7(27)1-3-9(11)10-4-2-8(28)6-12(10)14(19,20)16(24,25)26/h1-6H,27-28H2. The number of anilines is 2. The van der Waals surface area contributed by atoms with Gasteiger partial charge in [0.15, 0.2) is 0 Å². The third-order valence-corrected chi connectivity index (χ3v) is 3.77. The first-order valence-electron chi connectivity index (χ1n) is 7.19. The zero-order valence-electron chi connectivity index (χ0n) is 13.4. The second-order valence-corrected chi connectivity index (χ2v) is 5.75. The van der Waals surface area contributed by atoms with Crippen molar-refractivity contribution in [3.8, 4) is 11.1 Å². The Hall–Kier alpha value is -2.66. The first-order chi connectivity index (χ1) is 12.5. The van der Waals surface area contributed by atoms with Crippen LogP contribution >= 0.6 is 0 Å². The van der Waals surface area contributed by atoms with E-state index in [9.17, 15) is 43.9 Å². The van der Waals surface area contributed by atoms with Crippen molar-refractivity contribution in [2.75, 3.05) is 11.5 Å². The Kier molecular flexibility index (Phi) is 4.98. The van der Waals surface area contributed by atoms with Crippen LogP contribution in [0.15, 0.2) is 36.4 Å². The molecule has 0 saturated carbocycles. The molecule has 0 bridgehead atoms. The topological polar surface area (TPSA) is 52.0 Å². The normalized spacial score (nSPS) is 13.6. The van der Waals surface area contributed by atoms with E-state index in [-0.39, 0.29) is 12.1 Å². The Morgan fingerprint density at radius 2 is 0.786 bits per heavy atom. The maximum absolute atomic E-state index is 13.9. The van der Waals surface area contributed by atoms with E-state index in [0.717, 1.165) is 12.1 Å². The quantitative estimate of drug-likeness (QED) is 0.485. The Morgan fingerprint density at radius 3 is 1.04 bits per heavy atom. The predicted molar refractivity (Wildman–Crippen MR) is 80.6 cm³/mol. The van der Waals surface area contributed by atoms with Crippen LogP contribution in [0, 0.1) is 0 Å². The third kappa shape index (κ3) is 3.54. The van der Waals surface area contributed by atoms with Gasteiger partial charge in [-0.15, -0.1) is 0 Å². The fraction of sp³-hybridized carbons (Fsp3) is 0.250. The minimum atomic E-state index is -6.16. The highest BCUT2D eigenvalue weighted by Crippen LogP contribution is 2.51. The molecule has 0 aliphatic rings. The molecule has 0 aromatic heterocycles. The smallest absolute Gasteiger partial charge is 0.399 e. The van der Waals surface area contributed by atoms with Gasteiger partial charge in [0.2, 0.25) is 0 Å². The molecule has 0 atom stereocenters. The average molecular weight is 420 g/mol. The van der Waals surface area contributed by atoms with Crippen molar-refractivity contribution in [3.05, 3.63) is 47.5 Å². The molecule has 0 unspecified atom stereocenters. The SMILES string of the molecule is Nc1ccc(-c2ccc(N)cc2C(F)(F)C(F)(F)F)c(C(F)(F)C(F)(F)F)c1. The molecule has 0 aliphatic heterocycles. The van der Waals surface area contributed by atoms with E-state index >= 15 is 0 Å². The van der Waals surface area contributed by atoms with Gasteiger partial charge in [-0.05, 0) is 35.4 Å². The Bertz CT molecular complexity index is 810. The number of nitrogen functional groups attached to an aromatic ring is 2. The van der Waals surface area contributed by atoms with Gasteiger partial charge in [-0.25, -0.2) is 0 Å². The molecule has 4 N–H and O–H groups in total. The molecule has 0 saturated heterocycles. The third-order valence-electron chi connectivity index (χ3n) is 3.77. The van der Waals surface area contributed by atoms with Gasteiger partial charge in [0.05, 0.1) is 0 Å². The lowest BCUT2D eigenvalue weighted by Crippen LogP contribution is -2.35. The van der Waals surface area contributed by atoms with Crippen LogP contribution in [0.25, 0.3) is 11.1 Å². The van der Waals surface area contributed by atoms with Gasteiger partial charge in [-0.2, -0.15) is 43.9 Å². The number of nitrogens with two attached hydrogens (primary N) is 2. The molecule has 0 spiro atoms. The highest BCUT2D eigenvalue weighted by atomic mass is 19.4. The number of benzene rings is 2. The van der Waals surface area contributed by atoms with Gasteiger partial charge in [-0.3, -0.25) is 0 Å². The second-order valence-electron chi connectivity index (χ2n) is 5.75. The largest absolute Gasteiger partial charge is 0.458 e. The predicted octanol–water partition coefficient (Wildman–Crippen LogP) is 5.83. The first kappa shape index (κ1) is 21.6. The summed E-state index contributed by atoms with van der Waals surface area (Å²) in [5.74, 6) is -11.2. The van der Waals surface area contributed by atoms with Gasteiger partial charge >= 0.3 is 24.2 Å². The van der Waals surface area contributed by atoms with E-state index in [0.29, 0.717) is 12.1 Å². The van der Waals surface area contributed by atoms with Crippen LogP contribution < -0.4 is 11.5 Å². The molecule has 28 heavy (non-hydrogen) atoms. The monoisotopic (exact) mass is 420 g/mol. The maximum atomic E-state index is 13.9. The van der Waals surface area contributed by atoms with Gasteiger partial charge in [0.25, 0.3) is 0 Å². The summed E-state index contributed by atoms with van der Waals surface area (Å²) >= 11 is 0. The van der Waals surface area contributed by atoms with Gasteiger partial charge in [0, 0.05) is 22.5 Å². The van der Waals surface area contributed by atoms with Crippen LogP contribution in [-0.2, 0) is 11.8 Å². The summed E-state index contributed by atoms with van der Waals surface area (Å²) in [6.07, 6.45) is -12.3. The highest BCUT2D eigenvalue weighted by Gasteiger charge is 2.61. The lowest BCUT2D eigenvalue weighted by atomic mass is 9.89. The Labute approximate surface area is 150 Å². The second kappa shape index (κ2) is 6.45. The van der Waals surface area contributed by atoms with Crippen molar-refractivity contribution < 1.29 is 43.9 Å². The molecular formula is C16H10F10N2. The summed E-state index contributed by atoms with van der Waals surface area (Å²) in [4.78, 5) is 0. The van der Waals surface area contributed by atoms with Gasteiger partial charge < -0.3 is 11.5 Å².